The van der Waals surface area contributed by atoms with Gasteiger partial charge in [-0.3, -0.25) is 0 Å². The molecule has 0 amide bonds. The third kappa shape index (κ3) is 2.82. The first-order valence-electron chi connectivity index (χ1n) is 6.21. The molecule has 0 atom stereocenters. The highest BCUT2D eigenvalue weighted by atomic mass is 14.8. The number of aryl methyl sites for hydroxylation is 2. The summed E-state index contributed by atoms with van der Waals surface area (Å²) in [5.41, 5.74) is 4.68. The summed E-state index contributed by atoms with van der Waals surface area (Å²) in [5, 5.41) is 3.45. The summed E-state index contributed by atoms with van der Waals surface area (Å²) in [7, 11) is 0. The van der Waals surface area contributed by atoms with Crippen LogP contribution in [0.3, 0.4) is 0 Å². The Bertz CT molecular complexity index is 317. The number of fused-ring (bicyclic) bond motifs is 1. The first-order valence-corrected chi connectivity index (χ1v) is 6.21. The van der Waals surface area contributed by atoms with Crippen molar-refractivity contribution < 1.29 is 0 Å². The zero-order valence-corrected chi connectivity index (χ0v) is 9.68. The van der Waals surface area contributed by atoms with Crippen molar-refractivity contribution in [2.75, 3.05) is 13.1 Å². The van der Waals surface area contributed by atoms with E-state index in [1.54, 1.807) is 11.1 Å². The number of benzene rings is 1. The van der Waals surface area contributed by atoms with Gasteiger partial charge in [-0.05, 0) is 61.9 Å². The molecule has 1 heteroatoms. The number of hydrogen-bond acceptors (Lipinski definition) is 1. The fourth-order valence-corrected chi connectivity index (χ4v) is 2.32. The molecule has 0 aliphatic heterocycles. The fourth-order valence-electron chi connectivity index (χ4n) is 2.32. The highest BCUT2D eigenvalue weighted by molar-refractivity contribution is 5.35. The van der Waals surface area contributed by atoms with Crippen LogP contribution < -0.4 is 5.32 Å². The van der Waals surface area contributed by atoms with E-state index < -0.39 is 0 Å². The normalized spacial score (nSPS) is 14.2. The molecule has 1 N–H and O–H groups in total. The zero-order chi connectivity index (χ0) is 10.5. The Balaban J connectivity index is 1.87. The van der Waals surface area contributed by atoms with Gasteiger partial charge in [0.15, 0.2) is 0 Å². The van der Waals surface area contributed by atoms with Crippen LogP contribution >= 0.6 is 0 Å². The van der Waals surface area contributed by atoms with Crippen LogP contribution in [0.1, 0.15) is 36.5 Å². The summed E-state index contributed by atoms with van der Waals surface area (Å²) < 4.78 is 0. The molecule has 15 heavy (non-hydrogen) atoms. The fraction of sp³-hybridized carbons (Fsp3) is 0.571. The smallest absolute Gasteiger partial charge is 0.000835 e. The molecule has 0 saturated carbocycles. The Morgan fingerprint density at radius 3 is 2.87 bits per heavy atom. The molecule has 0 fully saturated rings. The van der Waals surface area contributed by atoms with Gasteiger partial charge in [-0.1, -0.05) is 25.1 Å². The van der Waals surface area contributed by atoms with E-state index in [-0.39, 0.29) is 0 Å². The monoisotopic (exact) mass is 203 g/mol. The lowest BCUT2D eigenvalue weighted by Crippen LogP contribution is -2.17. The molecular formula is C14H21N. The second-order valence-electron chi connectivity index (χ2n) is 4.46. The standard InChI is InChI=1S/C14H21N/c1-2-9-15-10-8-12-6-7-13-4-3-5-14(13)11-12/h6-7,11,15H,2-5,8-10H2,1H3. The van der Waals surface area contributed by atoms with Gasteiger partial charge >= 0.3 is 0 Å². The molecule has 1 aromatic rings. The molecule has 0 aromatic heterocycles. The van der Waals surface area contributed by atoms with Crippen molar-refractivity contribution >= 4 is 0 Å². The summed E-state index contributed by atoms with van der Waals surface area (Å²) >= 11 is 0. The van der Waals surface area contributed by atoms with E-state index in [2.05, 4.69) is 30.4 Å². The predicted molar refractivity (Wildman–Crippen MR) is 65.3 cm³/mol. The molecule has 0 unspecified atom stereocenters. The van der Waals surface area contributed by atoms with Crippen LogP contribution in [0.25, 0.3) is 0 Å². The molecule has 0 radical (unpaired) electrons. The van der Waals surface area contributed by atoms with E-state index in [0.29, 0.717) is 0 Å². The van der Waals surface area contributed by atoms with Crippen molar-refractivity contribution in [2.45, 2.75) is 39.0 Å². The highest BCUT2D eigenvalue weighted by Crippen LogP contribution is 2.22. The summed E-state index contributed by atoms with van der Waals surface area (Å²) in [6.45, 7) is 4.47. The lowest BCUT2D eigenvalue weighted by atomic mass is 10.0. The quantitative estimate of drug-likeness (QED) is 0.726. The van der Waals surface area contributed by atoms with Crippen LogP contribution in [0.5, 0.6) is 0 Å². The third-order valence-corrected chi connectivity index (χ3v) is 3.18. The van der Waals surface area contributed by atoms with Crippen LogP contribution in [0.2, 0.25) is 0 Å². The van der Waals surface area contributed by atoms with Crippen molar-refractivity contribution in [3.05, 3.63) is 34.9 Å². The second kappa shape index (κ2) is 5.32. The van der Waals surface area contributed by atoms with Crippen LogP contribution in [0.15, 0.2) is 18.2 Å². The Hall–Kier alpha value is -0.820. The average molecular weight is 203 g/mol. The van der Waals surface area contributed by atoms with Gasteiger partial charge in [-0.2, -0.15) is 0 Å². The Morgan fingerprint density at radius 1 is 1.13 bits per heavy atom. The molecule has 0 bridgehead atoms. The summed E-state index contributed by atoms with van der Waals surface area (Å²) in [6, 6.07) is 7.05. The van der Waals surface area contributed by atoms with Gasteiger partial charge in [0.2, 0.25) is 0 Å². The SMILES string of the molecule is CCCNCCc1ccc2c(c1)CCC2. The van der Waals surface area contributed by atoms with Gasteiger partial charge in [0.25, 0.3) is 0 Å². The average Bonchev–Trinajstić information content (AvgIpc) is 2.71. The topological polar surface area (TPSA) is 12.0 Å². The van der Waals surface area contributed by atoms with E-state index in [0.717, 1.165) is 13.1 Å². The maximum atomic E-state index is 3.45. The largest absolute Gasteiger partial charge is 0.316 e. The van der Waals surface area contributed by atoms with E-state index in [4.69, 9.17) is 0 Å². The van der Waals surface area contributed by atoms with Crippen LogP contribution in [0.4, 0.5) is 0 Å². The minimum atomic E-state index is 1.12. The molecular weight excluding hydrogens is 182 g/mol. The Labute approximate surface area is 92.9 Å². The molecule has 1 nitrogen and oxygen atoms in total. The Morgan fingerprint density at radius 2 is 2.00 bits per heavy atom. The van der Waals surface area contributed by atoms with E-state index in [1.165, 1.54) is 37.7 Å². The zero-order valence-electron chi connectivity index (χ0n) is 9.68. The van der Waals surface area contributed by atoms with E-state index in [9.17, 15) is 0 Å². The predicted octanol–water partition coefficient (Wildman–Crippen LogP) is 2.72. The van der Waals surface area contributed by atoms with E-state index in [1.807, 2.05) is 0 Å². The number of nitrogens with one attached hydrogen (secondary N) is 1. The van der Waals surface area contributed by atoms with Crippen molar-refractivity contribution in [3.8, 4) is 0 Å². The molecule has 82 valence electrons. The summed E-state index contributed by atoms with van der Waals surface area (Å²) in [5.74, 6) is 0. The number of rotatable bonds is 5. The number of hydrogen-bond donors (Lipinski definition) is 1. The molecule has 0 heterocycles. The minimum absolute atomic E-state index is 1.12. The highest BCUT2D eigenvalue weighted by Gasteiger charge is 2.10. The minimum Gasteiger partial charge on any atom is -0.316 e. The lowest BCUT2D eigenvalue weighted by molar-refractivity contribution is 0.671. The second-order valence-corrected chi connectivity index (χ2v) is 4.46. The van der Waals surface area contributed by atoms with Gasteiger partial charge in [-0.25, -0.2) is 0 Å². The molecule has 0 spiro atoms. The van der Waals surface area contributed by atoms with Crippen LogP contribution in [0, 0.1) is 0 Å². The van der Waals surface area contributed by atoms with Gasteiger partial charge in [0.1, 0.15) is 0 Å². The molecule has 1 aliphatic rings. The Kier molecular flexibility index (Phi) is 3.79. The van der Waals surface area contributed by atoms with Gasteiger partial charge in [0, 0.05) is 0 Å². The molecule has 1 aromatic carbocycles. The summed E-state index contributed by atoms with van der Waals surface area (Å²) in [6.07, 6.45) is 6.35. The maximum Gasteiger partial charge on any atom is -0.000835 e. The van der Waals surface area contributed by atoms with Crippen molar-refractivity contribution in [1.82, 2.24) is 5.32 Å². The first kappa shape index (κ1) is 10.7. The van der Waals surface area contributed by atoms with E-state index >= 15 is 0 Å². The van der Waals surface area contributed by atoms with Crippen molar-refractivity contribution in [3.63, 3.8) is 0 Å². The van der Waals surface area contributed by atoms with Crippen LogP contribution in [-0.4, -0.2) is 13.1 Å². The first-order chi connectivity index (χ1) is 7.40. The maximum absolute atomic E-state index is 3.45. The lowest BCUT2D eigenvalue weighted by Gasteiger charge is -2.05. The van der Waals surface area contributed by atoms with Crippen molar-refractivity contribution in [1.29, 1.82) is 0 Å². The molecule has 2 rings (SSSR count). The van der Waals surface area contributed by atoms with Gasteiger partial charge in [0.05, 0.1) is 0 Å². The van der Waals surface area contributed by atoms with Gasteiger partial charge in [-0.15, -0.1) is 0 Å². The molecule has 1 aliphatic carbocycles. The van der Waals surface area contributed by atoms with Crippen LogP contribution in [-0.2, 0) is 19.3 Å². The third-order valence-electron chi connectivity index (χ3n) is 3.18. The van der Waals surface area contributed by atoms with Gasteiger partial charge < -0.3 is 5.32 Å². The summed E-state index contributed by atoms with van der Waals surface area (Å²) in [4.78, 5) is 0. The molecule has 0 saturated heterocycles. The van der Waals surface area contributed by atoms with Crippen molar-refractivity contribution in [2.24, 2.45) is 0 Å².